The third-order valence-electron chi connectivity index (χ3n) is 1.97. The van der Waals surface area contributed by atoms with E-state index in [4.69, 9.17) is 12.3 Å². The van der Waals surface area contributed by atoms with Crippen molar-refractivity contribution in [2.75, 3.05) is 6.61 Å². The van der Waals surface area contributed by atoms with Crippen molar-refractivity contribution in [3.8, 4) is 12.3 Å². The van der Waals surface area contributed by atoms with Gasteiger partial charge in [-0.25, -0.2) is 5.90 Å². The van der Waals surface area contributed by atoms with E-state index in [1.54, 1.807) is 0 Å². The highest BCUT2D eigenvalue weighted by Crippen LogP contribution is 2.15. The fourth-order valence-corrected chi connectivity index (χ4v) is 1.18. The number of rotatable bonds is 3. The first-order valence-corrected chi connectivity index (χ1v) is 4.16. The molecule has 1 unspecified atom stereocenters. The SMILES string of the molecule is C#Cc1cccc(C(C)CON)c1. The minimum Gasteiger partial charge on any atom is -0.304 e. The van der Waals surface area contributed by atoms with E-state index >= 15 is 0 Å². The molecule has 0 aliphatic rings. The number of hydrogen-bond donors (Lipinski definition) is 1. The lowest BCUT2D eigenvalue weighted by Crippen LogP contribution is -2.08. The van der Waals surface area contributed by atoms with E-state index in [-0.39, 0.29) is 5.92 Å². The molecular formula is C11H13NO. The maximum atomic E-state index is 5.29. The average molecular weight is 175 g/mol. The number of terminal acetylenes is 1. The standard InChI is InChI=1S/C11H13NO/c1-3-10-5-4-6-11(7-10)9(2)8-13-12/h1,4-7,9H,8,12H2,2H3. The molecule has 1 atom stereocenters. The van der Waals surface area contributed by atoms with Gasteiger partial charge in [0.2, 0.25) is 0 Å². The molecule has 2 heteroatoms. The minimum atomic E-state index is 0.276. The molecule has 1 rings (SSSR count). The van der Waals surface area contributed by atoms with Crippen LogP contribution in [0.3, 0.4) is 0 Å². The second kappa shape index (κ2) is 4.66. The number of nitrogens with two attached hydrogens (primary N) is 1. The molecule has 0 saturated carbocycles. The van der Waals surface area contributed by atoms with Crippen molar-refractivity contribution in [2.24, 2.45) is 5.90 Å². The quantitative estimate of drug-likeness (QED) is 0.560. The van der Waals surface area contributed by atoms with Crippen molar-refractivity contribution in [1.82, 2.24) is 0 Å². The zero-order chi connectivity index (χ0) is 9.68. The van der Waals surface area contributed by atoms with E-state index in [1.165, 1.54) is 0 Å². The molecule has 0 spiro atoms. The van der Waals surface area contributed by atoms with Crippen LogP contribution in [-0.4, -0.2) is 6.61 Å². The van der Waals surface area contributed by atoms with Crippen molar-refractivity contribution >= 4 is 0 Å². The van der Waals surface area contributed by atoms with Crippen LogP contribution in [0.15, 0.2) is 24.3 Å². The van der Waals surface area contributed by atoms with E-state index in [0.717, 1.165) is 11.1 Å². The van der Waals surface area contributed by atoms with Gasteiger partial charge in [-0.15, -0.1) is 6.42 Å². The number of hydrogen-bond acceptors (Lipinski definition) is 2. The fourth-order valence-electron chi connectivity index (χ4n) is 1.18. The van der Waals surface area contributed by atoms with Gasteiger partial charge in [0, 0.05) is 11.5 Å². The van der Waals surface area contributed by atoms with Crippen molar-refractivity contribution in [1.29, 1.82) is 0 Å². The molecule has 0 aromatic heterocycles. The highest BCUT2D eigenvalue weighted by molar-refractivity contribution is 5.36. The Labute approximate surface area is 78.7 Å². The summed E-state index contributed by atoms with van der Waals surface area (Å²) >= 11 is 0. The third-order valence-corrected chi connectivity index (χ3v) is 1.97. The predicted octanol–water partition coefficient (Wildman–Crippen LogP) is 1.66. The largest absolute Gasteiger partial charge is 0.304 e. The maximum Gasteiger partial charge on any atom is 0.0745 e. The summed E-state index contributed by atoms with van der Waals surface area (Å²) in [5.74, 6) is 7.87. The topological polar surface area (TPSA) is 35.2 Å². The van der Waals surface area contributed by atoms with Gasteiger partial charge in [0.05, 0.1) is 6.61 Å². The van der Waals surface area contributed by atoms with Crippen LogP contribution < -0.4 is 5.90 Å². The molecule has 0 aliphatic heterocycles. The molecule has 68 valence electrons. The van der Waals surface area contributed by atoms with Crippen molar-refractivity contribution in [3.63, 3.8) is 0 Å². The van der Waals surface area contributed by atoms with Gasteiger partial charge in [-0.2, -0.15) is 0 Å². The molecule has 0 radical (unpaired) electrons. The summed E-state index contributed by atoms with van der Waals surface area (Å²) in [5.41, 5.74) is 2.04. The molecule has 0 bridgehead atoms. The lowest BCUT2D eigenvalue weighted by Gasteiger charge is -2.09. The van der Waals surface area contributed by atoms with Crippen LogP contribution >= 0.6 is 0 Å². The van der Waals surface area contributed by atoms with Crippen molar-refractivity contribution in [2.45, 2.75) is 12.8 Å². The van der Waals surface area contributed by atoms with Crippen molar-refractivity contribution < 1.29 is 4.84 Å². The smallest absolute Gasteiger partial charge is 0.0745 e. The molecule has 0 aliphatic carbocycles. The molecule has 13 heavy (non-hydrogen) atoms. The highest BCUT2D eigenvalue weighted by Gasteiger charge is 2.04. The van der Waals surface area contributed by atoms with Crippen LogP contribution in [0.2, 0.25) is 0 Å². The van der Waals surface area contributed by atoms with Gasteiger partial charge in [0.15, 0.2) is 0 Å². The lowest BCUT2D eigenvalue weighted by molar-refractivity contribution is 0.126. The van der Waals surface area contributed by atoms with E-state index in [0.29, 0.717) is 6.61 Å². The van der Waals surface area contributed by atoms with Gasteiger partial charge in [-0.1, -0.05) is 25.0 Å². The summed E-state index contributed by atoms with van der Waals surface area (Å²) < 4.78 is 0. The second-order valence-electron chi connectivity index (χ2n) is 3.00. The summed E-state index contributed by atoms with van der Waals surface area (Å²) in [6.07, 6.45) is 5.29. The molecule has 2 N–H and O–H groups in total. The zero-order valence-electron chi connectivity index (χ0n) is 7.66. The molecular weight excluding hydrogens is 162 g/mol. The zero-order valence-corrected chi connectivity index (χ0v) is 7.66. The summed E-state index contributed by atoms with van der Waals surface area (Å²) in [4.78, 5) is 4.58. The predicted molar refractivity (Wildman–Crippen MR) is 52.9 cm³/mol. The number of benzene rings is 1. The summed E-state index contributed by atoms with van der Waals surface area (Å²) in [5, 5.41) is 0. The van der Waals surface area contributed by atoms with E-state index in [2.05, 4.69) is 10.8 Å². The van der Waals surface area contributed by atoms with Crippen LogP contribution in [0, 0.1) is 12.3 Å². The van der Waals surface area contributed by atoms with Crippen LogP contribution in [0.5, 0.6) is 0 Å². The van der Waals surface area contributed by atoms with E-state index in [1.807, 2.05) is 31.2 Å². The minimum absolute atomic E-state index is 0.276. The highest BCUT2D eigenvalue weighted by atomic mass is 16.6. The Morgan fingerprint density at radius 1 is 1.62 bits per heavy atom. The Balaban J connectivity index is 2.83. The Kier molecular flexibility index (Phi) is 3.51. The van der Waals surface area contributed by atoms with E-state index < -0.39 is 0 Å². The third kappa shape index (κ3) is 2.59. The Morgan fingerprint density at radius 3 is 3.00 bits per heavy atom. The second-order valence-corrected chi connectivity index (χ2v) is 3.00. The van der Waals surface area contributed by atoms with Crippen LogP contribution in [0.4, 0.5) is 0 Å². The average Bonchev–Trinajstić information content (AvgIpc) is 2.18. The first-order chi connectivity index (χ1) is 6.27. The van der Waals surface area contributed by atoms with Gasteiger partial charge in [-0.3, -0.25) is 0 Å². The molecule has 0 saturated heterocycles. The molecule has 2 nitrogen and oxygen atoms in total. The van der Waals surface area contributed by atoms with Gasteiger partial charge in [0.25, 0.3) is 0 Å². The molecule has 0 amide bonds. The van der Waals surface area contributed by atoms with E-state index in [9.17, 15) is 0 Å². The van der Waals surface area contributed by atoms with Gasteiger partial charge < -0.3 is 4.84 Å². The summed E-state index contributed by atoms with van der Waals surface area (Å²) in [6.45, 7) is 2.55. The molecule has 1 aromatic rings. The van der Waals surface area contributed by atoms with Gasteiger partial charge in [0.1, 0.15) is 0 Å². The van der Waals surface area contributed by atoms with Crippen LogP contribution in [0.1, 0.15) is 24.0 Å². The molecule has 0 fully saturated rings. The molecule has 1 aromatic carbocycles. The fraction of sp³-hybridized carbons (Fsp3) is 0.273. The molecule has 0 heterocycles. The Bertz CT molecular complexity index is 314. The van der Waals surface area contributed by atoms with Crippen LogP contribution in [-0.2, 0) is 4.84 Å². The normalized spacial score (nSPS) is 12.1. The van der Waals surface area contributed by atoms with Crippen LogP contribution in [0.25, 0.3) is 0 Å². The monoisotopic (exact) mass is 175 g/mol. The lowest BCUT2D eigenvalue weighted by atomic mass is 10.0. The first kappa shape index (κ1) is 9.79. The Morgan fingerprint density at radius 2 is 2.38 bits per heavy atom. The first-order valence-electron chi connectivity index (χ1n) is 4.16. The summed E-state index contributed by atoms with van der Waals surface area (Å²) in [7, 11) is 0. The van der Waals surface area contributed by atoms with Gasteiger partial charge in [-0.05, 0) is 17.7 Å². The summed E-state index contributed by atoms with van der Waals surface area (Å²) in [6, 6.07) is 7.84. The maximum absolute atomic E-state index is 5.29. The Hall–Kier alpha value is -1.30. The van der Waals surface area contributed by atoms with Gasteiger partial charge >= 0.3 is 0 Å². The van der Waals surface area contributed by atoms with Crippen molar-refractivity contribution in [3.05, 3.63) is 35.4 Å².